The van der Waals surface area contributed by atoms with E-state index in [2.05, 4.69) is 15.6 Å². The number of thiocarbonyl (C=S) groups is 1. The van der Waals surface area contributed by atoms with Crippen LogP contribution in [0, 0.1) is 0 Å². The SMILES string of the molecule is CC.CC1NC(=S)NC2=C1C(=O)N(C)C2.c1ccncc1. The first-order valence-electron chi connectivity index (χ1n) is 7.00. The van der Waals surface area contributed by atoms with E-state index in [9.17, 15) is 4.79 Å². The third-order valence-corrected chi connectivity index (χ3v) is 3.13. The van der Waals surface area contributed by atoms with E-state index in [1.54, 1.807) is 24.3 Å². The summed E-state index contributed by atoms with van der Waals surface area (Å²) >= 11 is 5.00. The number of aromatic nitrogens is 1. The molecule has 1 aromatic rings. The Morgan fingerprint density at radius 2 is 1.90 bits per heavy atom. The molecule has 0 saturated carbocycles. The minimum absolute atomic E-state index is 0.0289. The number of nitrogens with zero attached hydrogens (tertiary/aromatic N) is 2. The second kappa shape index (κ2) is 8.36. The van der Waals surface area contributed by atoms with E-state index >= 15 is 0 Å². The fourth-order valence-corrected chi connectivity index (χ4v) is 2.34. The van der Waals surface area contributed by atoms with Crippen LogP contribution < -0.4 is 10.6 Å². The van der Waals surface area contributed by atoms with Crippen LogP contribution in [0.1, 0.15) is 20.8 Å². The number of hydrogen-bond donors (Lipinski definition) is 2. The summed E-state index contributed by atoms with van der Waals surface area (Å²) in [5.41, 5.74) is 1.76. The Labute approximate surface area is 131 Å². The zero-order chi connectivity index (χ0) is 15.8. The van der Waals surface area contributed by atoms with Gasteiger partial charge in [-0.05, 0) is 31.3 Å². The Balaban J connectivity index is 0.000000231. The average molecular weight is 306 g/mol. The summed E-state index contributed by atoms with van der Waals surface area (Å²) in [4.78, 5) is 17.1. The third-order valence-electron chi connectivity index (χ3n) is 2.91. The number of nitrogens with one attached hydrogen (secondary N) is 2. The van der Waals surface area contributed by atoms with Gasteiger partial charge in [-0.3, -0.25) is 9.78 Å². The molecule has 1 unspecified atom stereocenters. The molecule has 6 heteroatoms. The molecule has 21 heavy (non-hydrogen) atoms. The fraction of sp³-hybridized carbons (Fsp3) is 0.400. The molecule has 5 nitrogen and oxygen atoms in total. The molecule has 0 saturated heterocycles. The van der Waals surface area contributed by atoms with Crippen LogP contribution >= 0.6 is 12.2 Å². The van der Waals surface area contributed by atoms with Crippen molar-refractivity contribution in [1.29, 1.82) is 0 Å². The van der Waals surface area contributed by atoms with Crippen molar-refractivity contribution in [2.24, 2.45) is 0 Å². The number of likely N-dealkylation sites (N-methyl/N-ethyl adjacent to an activating group) is 1. The number of amides is 1. The molecular formula is C15H22N4OS. The van der Waals surface area contributed by atoms with E-state index in [1.165, 1.54) is 0 Å². The first-order valence-corrected chi connectivity index (χ1v) is 7.41. The van der Waals surface area contributed by atoms with Crippen molar-refractivity contribution in [1.82, 2.24) is 20.5 Å². The molecule has 0 spiro atoms. The maximum absolute atomic E-state index is 11.6. The third kappa shape index (κ3) is 4.53. The number of hydrogen-bond acceptors (Lipinski definition) is 3. The average Bonchev–Trinajstić information content (AvgIpc) is 2.78. The summed E-state index contributed by atoms with van der Waals surface area (Å²) in [6.07, 6.45) is 3.50. The van der Waals surface area contributed by atoms with E-state index in [0.29, 0.717) is 11.7 Å². The largest absolute Gasteiger partial charge is 0.356 e. The lowest BCUT2D eigenvalue weighted by Crippen LogP contribution is -2.47. The molecule has 1 atom stereocenters. The Kier molecular flexibility index (Phi) is 6.81. The van der Waals surface area contributed by atoms with Gasteiger partial charge in [-0.25, -0.2) is 0 Å². The molecule has 1 amide bonds. The zero-order valence-electron chi connectivity index (χ0n) is 12.9. The van der Waals surface area contributed by atoms with E-state index < -0.39 is 0 Å². The van der Waals surface area contributed by atoms with Crippen molar-refractivity contribution in [2.75, 3.05) is 13.6 Å². The number of carbonyl (C=O) groups excluding carboxylic acids is 1. The van der Waals surface area contributed by atoms with Gasteiger partial charge >= 0.3 is 0 Å². The van der Waals surface area contributed by atoms with Crippen molar-refractivity contribution >= 4 is 23.2 Å². The minimum Gasteiger partial charge on any atom is -0.356 e. The van der Waals surface area contributed by atoms with Crippen molar-refractivity contribution in [3.63, 3.8) is 0 Å². The Morgan fingerprint density at radius 1 is 1.29 bits per heavy atom. The van der Waals surface area contributed by atoms with Gasteiger partial charge in [-0.2, -0.15) is 0 Å². The first kappa shape index (κ1) is 17.1. The smallest absolute Gasteiger partial charge is 0.253 e. The standard InChI is InChI=1S/C8H11N3OS.C5H5N.C2H6/c1-4-6-5(10-8(13)9-4)3-11(2)7(6)12;1-2-4-6-5-3-1;1-2/h4H,3H2,1-2H3,(H2,9,10,13);1-5H;1-2H3. The lowest BCUT2D eigenvalue weighted by Gasteiger charge is -2.23. The van der Waals surface area contributed by atoms with Gasteiger partial charge in [-0.1, -0.05) is 19.9 Å². The van der Waals surface area contributed by atoms with E-state index in [-0.39, 0.29) is 11.9 Å². The molecule has 1 aromatic heterocycles. The summed E-state index contributed by atoms with van der Waals surface area (Å²) in [6.45, 7) is 6.58. The van der Waals surface area contributed by atoms with Crippen molar-refractivity contribution in [3.8, 4) is 0 Å². The molecule has 2 N–H and O–H groups in total. The topological polar surface area (TPSA) is 57.3 Å². The Morgan fingerprint density at radius 3 is 2.38 bits per heavy atom. The van der Waals surface area contributed by atoms with Gasteiger partial charge in [0, 0.05) is 25.1 Å². The molecule has 0 fully saturated rings. The Hall–Kier alpha value is -1.95. The molecule has 0 radical (unpaired) electrons. The monoisotopic (exact) mass is 306 g/mol. The zero-order valence-corrected chi connectivity index (χ0v) is 13.7. The quantitative estimate of drug-likeness (QED) is 0.714. The Bertz CT molecular complexity index is 489. The summed E-state index contributed by atoms with van der Waals surface area (Å²) in [5, 5.41) is 6.63. The van der Waals surface area contributed by atoms with E-state index in [0.717, 1.165) is 11.3 Å². The maximum atomic E-state index is 11.6. The molecule has 0 aliphatic carbocycles. The molecule has 2 aliphatic heterocycles. The minimum atomic E-state index is 0.0289. The molecule has 114 valence electrons. The summed E-state index contributed by atoms with van der Waals surface area (Å²) < 4.78 is 0. The van der Waals surface area contributed by atoms with Crippen LogP contribution in [-0.4, -0.2) is 40.5 Å². The van der Waals surface area contributed by atoms with Gasteiger partial charge in [-0.15, -0.1) is 0 Å². The molecule has 3 rings (SSSR count). The van der Waals surface area contributed by atoms with Crippen molar-refractivity contribution < 1.29 is 4.79 Å². The normalized spacial score (nSPS) is 19.4. The van der Waals surface area contributed by atoms with Gasteiger partial charge in [0.15, 0.2) is 5.11 Å². The van der Waals surface area contributed by atoms with Gasteiger partial charge in [0.1, 0.15) is 0 Å². The van der Waals surface area contributed by atoms with Crippen LogP contribution in [0.15, 0.2) is 41.9 Å². The highest BCUT2D eigenvalue weighted by Gasteiger charge is 2.34. The van der Waals surface area contributed by atoms with Gasteiger partial charge in [0.2, 0.25) is 0 Å². The second-order valence-corrected chi connectivity index (χ2v) is 4.81. The van der Waals surface area contributed by atoms with Crippen LogP contribution in [0.2, 0.25) is 0 Å². The number of pyridine rings is 1. The molecular weight excluding hydrogens is 284 g/mol. The van der Waals surface area contributed by atoms with Gasteiger partial charge < -0.3 is 15.5 Å². The van der Waals surface area contributed by atoms with Gasteiger partial charge in [0.05, 0.1) is 18.2 Å². The molecule has 0 bridgehead atoms. The van der Waals surface area contributed by atoms with Crippen molar-refractivity contribution in [3.05, 3.63) is 41.9 Å². The van der Waals surface area contributed by atoms with Gasteiger partial charge in [0.25, 0.3) is 5.91 Å². The number of carbonyl (C=O) groups is 1. The second-order valence-electron chi connectivity index (χ2n) is 4.40. The fourth-order valence-electron chi connectivity index (χ4n) is 2.04. The van der Waals surface area contributed by atoms with Crippen LogP contribution in [0.3, 0.4) is 0 Å². The highest BCUT2D eigenvalue weighted by molar-refractivity contribution is 7.80. The predicted molar refractivity (Wildman–Crippen MR) is 88.6 cm³/mol. The molecule has 2 aliphatic rings. The molecule has 3 heterocycles. The summed E-state index contributed by atoms with van der Waals surface area (Å²) in [6, 6.07) is 5.74. The number of rotatable bonds is 0. The highest BCUT2D eigenvalue weighted by Crippen LogP contribution is 2.21. The lowest BCUT2D eigenvalue weighted by atomic mass is 10.1. The van der Waals surface area contributed by atoms with Crippen LogP contribution in [-0.2, 0) is 4.79 Å². The summed E-state index contributed by atoms with van der Waals surface area (Å²) in [5.74, 6) is 0.0880. The van der Waals surface area contributed by atoms with Crippen LogP contribution in [0.5, 0.6) is 0 Å². The molecule has 0 aromatic carbocycles. The predicted octanol–water partition coefficient (Wildman–Crippen LogP) is 1.69. The maximum Gasteiger partial charge on any atom is 0.253 e. The van der Waals surface area contributed by atoms with E-state index in [1.807, 2.05) is 39.0 Å². The van der Waals surface area contributed by atoms with E-state index in [4.69, 9.17) is 12.2 Å². The summed E-state index contributed by atoms with van der Waals surface area (Å²) in [7, 11) is 1.79. The highest BCUT2D eigenvalue weighted by atomic mass is 32.1. The van der Waals surface area contributed by atoms with Crippen LogP contribution in [0.25, 0.3) is 0 Å². The van der Waals surface area contributed by atoms with Crippen molar-refractivity contribution in [2.45, 2.75) is 26.8 Å². The first-order chi connectivity index (χ1) is 10.1. The lowest BCUT2D eigenvalue weighted by molar-refractivity contribution is -0.124. The van der Waals surface area contributed by atoms with Crippen LogP contribution in [0.4, 0.5) is 0 Å².